The average Bonchev–Trinajstić information content (AvgIpc) is 3.04. The monoisotopic (exact) mass is 284 g/mol. The topological polar surface area (TPSA) is 59.8 Å². The summed E-state index contributed by atoms with van der Waals surface area (Å²) < 4.78 is 1.79. The predicted octanol–water partition coefficient (Wildman–Crippen LogP) is 2.58. The molecule has 0 aliphatic heterocycles. The zero-order chi connectivity index (χ0) is 14.7. The van der Waals surface area contributed by atoms with Gasteiger partial charge in [0.15, 0.2) is 0 Å². The first-order valence-corrected chi connectivity index (χ1v) is 7.47. The molecule has 1 N–H and O–H groups in total. The molecule has 1 saturated carbocycles. The second kappa shape index (κ2) is 6.08. The molecule has 5 heteroatoms. The summed E-state index contributed by atoms with van der Waals surface area (Å²) in [6.07, 6.45) is 11.4. The molecule has 110 valence electrons. The molecule has 2 aromatic rings. The molecule has 2 heterocycles. The van der Waals surface area contributed by atoms with Crippen LogP contribution in [0.2, 0.25) is 0 Å². The van der Waals surface area contributed by atoms with Gasteiger partial charge in [0, 0.05) is 30.2 Å². The number of hydrogen-bond acceptors (Lipinski definition) is 3. The van der Waals surface area contributed by atoms with Gasteiger partial charge in [-0.05, 0) is 43.7 Å². The van der Waals surface area contributed by atoms with Crippen LogP contribution < -0.4 is 5.32 Å². The Morgan fingerprint density at radius 3 is 2.81 bits per heavy atom. The third kappa shape index (κ3) is 3.29. The van der Waals surface area contributed by atoms with Crippen molar-refractivity contribution in [2.24, 2.45) is 5.92 Å². The lowest BCUT2D eigenvalue weighted by Crippen LogP contribution is -2.37. The number of carbonyl (C=O) groups excluding carboxylic acids is 1. The highest BCUT2D eigenvalue weighted by atomic mass is 16.1. The van der Waals surface area contributed by atoms with E-state index in [-0.39, 0.29) is 5.91 Å². The summed E-state index contributed by atoms with van der Waals surface area (Å²) in [5.41, 5.74) is 0.646. The van der Waals surface area contributed by atoms with Crippen molar-refractivity contribution >= 4 is 5.91 Å². The number of pyridine rings is 1. The first-order chi connectivity index (χ1) is 10.2. The number of nitrogens with zero attached hydrogens (tertiary/aromatic N) is 3. The van der Waals surface area contributed by atoms with Gasteiger partial charge < -0.3 is 5.32 Å². The third-order valence-electron chi connectivity index (χ3n) is 4.13. The zero-order valence-electron chi connectivity index (χ0n) is 12.2. The maximum atomic E-state index is 12.4. The molecule has 1 aliphatic carbocycles. The van der Waals surface area contributed by atoms with Gasteiger partial charge in [-0.2, -0.15) is 0 Å². The van der Waals surface area contributed by atoms with Crippen LogP contribution in [-0.2, 0) is 0 Å². The van der Waals surface area contributed by atoms with Crippen LogP contribution in [-0.4, -0.2) is 26.5 Å². The molecule has 0 bridgehead atoms. The van der Waals surface area contributed by atoms with Crippen molar-refractivity contribution in [1.29, 1.82) is 0 Å². The largest absolute Gasteiger partial charge is 0.349 e. The van der Waals surface area contributed by atoms with Crippen LogP contribution >= 0.6 is 0 Å². The van der Waals surface area contributed by atoms with Crippen LogP contribution in [0.3, 0.4) is 0 Å². The third-order valence-corrected chi connectivity index (χ3v) is 4.13. The van der Waals surface area contributed by atoms with E-state index in [0.717, 1.165) is 18.8 Å². The molecule has 5 nitrogen and oxygen atoms in total. The van der Waals surface area contributed by atoms with Crippen LogP contribution in [0.15, 0.2) is 37.1 Å². The fourth-order valence-corrected chi connectivity index (χ4v) is 2.77. The average molecular weight is 284 g/mol. The highest BCUT2D eigenvalue weighted by Crippen LogP contribution is 2.23. The van der Waals surface area contributed by atoms with E-state index in [1.807, 2.05) is 6.20 Å². The zero-order valence-corrected chi connectivity index (χ0v) is 12.2. The number of rotatable bonds is 3. The molecule has 0 radical (unpaired) electrons. The van der Waals surface area contributed by atoms with E-state index >= 15 is 0 Å². The number of hydrogen-bond donors (Lipinski definition) is 1. The van der Waals surface area contributed by atoms with Crippen molar-refractivity contribution < 1.29 is 4.79 Å². The van der Waals surface area contributed by atoms with E-state index in [0.29, 0.717) is 17.4 Å². The Hall–Kier alpha value is -2.17. The van der Waals surface area contributed by atoms with Crippen molar-refractivity contribution in [2.75, 3.05) is 0 Å². The van der Waals surface area contributed by atoms with Crippen LogP contribution in [0.4, 0.5) is 0 Å². The predicted molar refractivity (Wildman–Crippen MR) is 80.2 cm³/mol. The normalized spacial score (nSPS) is 22.0. The summed E-state index contributed by atoms with van der Waals surface area (Å²) in [6.45, 7) is 2.28. The van der Waals surface area contributed by atoms with E-state index < -0.39 is 0 Å². The Morgan fingerprint density at radius 1 is 1.29 bits per heavy atom. The number of aromatic nitrogens is 3. The van der Waals surface area contributed by atoms with Crippen LogP contribution in [0, 0.1) is 5.92 Å². The molecule has 21 heavy (non-hydrogen) atoms. The quantitative estimate of drug-likeness (QED) is 0.942. The van der Waals surface area contributed by atoms with Crippen LogP contribution in [0.5, 0.6) is 0 Å². The first-order valence-electron chi connectivity index (χ1n) is 7.47. The summed E-state index contributed by atoms with van der Waals surface area (Å²) in [7, 11) is 0. The van der Waals surface area contributed by atoms with Gasteiger partial charge in [-0.1, -0.05) is 6.92 Å². The lowest BCUT2D eigenvalue weighted by Gasteiger charge is -2.26. The molecule has 0 saturated heterocycles. The Kier molecular flexibility index (Phi) is 3.99. The number of nitrogens with one attached hydrogen (secondary N) is 1. The number of amides is 1. The van der Waals surface area contributed by atoms with Gasteiger partial charge in [-0.15, -0.1) is 0 Å². The SMILES string of the molecule is CC1CCC(NC(=O)c2ccnc(-n3ccnc3)c2)CC1. The molecule has 0 spiro atoms. The molecule has 1 aliphatic rings. The Balaban J connectivity index is 1.69. The molecule has 1 fully saturated rings. The van der Waals surface area contributed by atoms with E-state index in [1.54, 1.807) is 35.4 Å². The minimum absolute atomic E-state index is 0.0154. The Labute approximate surface area is 124 Å². The lowest BCUT2D eigenvalue weighted by molar-refractivity contribution is 0.0923. The van der Waals surface area contributed by atoms with Crippen molar-refractivity contribution in [3.05, 3.63) is 42.6 Å². The van der Waals surface area contributed by atoms with Gasteiger partial charge in [0.1, 0.15) is 12.1 Å². The Bertz CT molecular complexity index is 600. The van der Waals surface area contributed by atoms with Crippen molar-refractivity contribution in [3.63, 3.8) is 0 Å². The minimum atomic E-state index is -0.0154. The molecule has 0 unspecified atom stereocenters. The first kappa shape index (κ1) is 13.8. The van der Waals surface area contributed by atoms with Crippen molar-refractivity contribution in [1.82, 2.24) is 19.9 Å². The van der Waals surface area contributed by atoms with Gasteiger partial charge >= 0.3 is 0 Å². The van der Waals surface area contributed by atoms with E-state index in [9.17, 15) is 4.79 Å². The Morgan fingerprint density at radius 2 is 2.10 bits per heavy atom. The minimum Gasteiger partial charge on any atom is -0.349 e. The highest BCUT2D eigenvalue weighted by molar-refractivity contribution is 5.94. The van der Waals surface area contributed by atoms with Gasteiger partial charge in [-0.25, -0.2) is 9.97 Å². The maximum absolute atomic E-state index is 12.4. The van der Waals surface area contributed by atoms with Gasteiger partial charge in [0.2, 0.25) is 0 Å². The smallest absolute Gasteiger partial charge is 0.251 e. The summed E-state index contributed by atoms with van der Waals surface area (Å²) in [5.74, 6) is 1.47. The second-order valence-electron chi connectivity index (χ2n) is 5.80. The van der Waals surface area contributed by atoms with Crippen LogP contribution in [0.1, 0.15) is 43.0 Å². The molecule has 3 rings (SSSR count). The van der Waals surface area contributed by atoms with Crippen LogP contribution in [0.25, 0.3) is 5.82 Å². The van der Waals surface area contributed by atoms with Gasteiger partial charge in [0.05, 0.1) is 0 Å². The number of carbonyl (C=O) groups is 1. The maximum Gasteiger partial charge on any atom is 0.251 e. The highest BCUT2D eigenvalue weighted by Gasteiger charge is 2.20. The molecular weight excluding hydrogens is 264 g/mol. The number of imidazole rings is 1. The standard InChI is InChI=1S/C16H20N4O/c1-12-2-4-14(5-3-12)19-16(21)13-6-7-18-15(10-13)20-9-8-17-11-20/h6-12,14H,2-5H2,1H3,(H,19,21). The fraction of sp³-hybridized carbons (Fsp3) is 0.438. The van der Waals surface area contributed by atoms with Gasteiger partial charge in [-0.3, -0.25) is 9.36 Å². The molecular formula is C16H20N4O. The summed E-state index contributed by atoms with van der Waals surface area (Å²) in [4.78, 5) is 20.6. The summed E-state index contributed by atoms with van der Waals surface area (Å²) in [5, 5.41) is 3.14. The fourth-order valence-electron chi connectivity index (χ4n) is 2.77. The second-order valence-corrected chi connectivity index (χ2v) is 5.80. The summed E-state index contributed by atoms with van der Waals surface area (Å²) in [6, 6.07) is 3.85. The van der Waals surface area contributed by atoms with E-state index in [4.69, 9.17) is 0 Å². The van der Waals surface area contributed by atoms with E-state index in [2.05, 4.69) is 22.2 Å². The molecule has 2 aromatic heterocycles. The lowest BCUT2D eigenvalue weighted by atomic mass is 9.87. The van der Waals surface area contributed by atoms with Crippen molar-refractivity contribution in [2.45, 2.75) is 38.6 Å². The molecule has 0 atom stereocenters. The summed E-state index contributed by atoms with van der Waals surface area (Å²) >= 11 is 0. The van der Waals surface area contributed by atoms with Crippen molar-refractivity contribution in [3.8, 4) is 5.82 Å². The molecule has 1 amide bonds. The van der Waals surface area contributed by atoms with Gasteiger partial charge in [0.25, 0.3) is 5.91 Å². The van der Waals surface area contributed by atoms with E-state index in [1.165, 1.54) is 12.8 Å². The molecule has 0 aromatic carbocycles.